The van der Waals surface area contributed by atoms with Crippen LogP contribution in [0.15, 0.2) is 48.8 Å². The Morgan fingerprint density at radius 1 is 1.31 bits per heavy atom. The van der Waals surface area contributed by atoms with Gasteiger partial charge in [-0.1, -0.05) is 18.2 Å². The highest BCUT2D eigenvalue weighted by molar-refractivity contribution is 5.79. The number of imidazole rings is 1. The van der Waals surface area contributed by atoms with Crippen LogP contribution in [-0.2, 0) is 17.8 Å². The van der Waals surface area contributed by atoms with Crippen LogP contribution in [0.4, 0.5) is 4.39 Å². The zero-order valence-corrected chi connectivity index (χ0v) is 16.4. The lowest BCUT2D eigenvalue weighted by molar-refractivity contribution is -0.122. The lowest BCUT2D eigenvalue weighted by Crippen LogP contribution is -2.55. The number of benzene rings is 1. The summed E-state index contributed by atoms with van der Waals surface area (Å²) >= 11 is 0. The number of hydrogen-bond donors (Lipinski definition) is 2. The third-order valence-electron chi connectivity index (χ3n) is 5.40. The van der Waals surface area contributed by atoms with Crippen molar-refractivity contribution in [2.75, 3.05) is 13.1 Å². The zero-order valence-electron chi connectivity index (χ0n) is 16.4. The molecular formula is C22H25FN4O2. The molecular weight excluding hydrogens is 371 g/mol. The van der Waals surface area contributed by atoms with E-state index in [1.165, 1.54) is 12.1 Å². The predicted octanol–water partition coefficient (Wildman–Crippen LogP) is 2.08. The number of fused-ring (bicyclic) bond motifs is 1. The Hall–Kier alpha value is -2.77. The molecule has 6 nitrogen and oxygen atoms in total. The number of nitrogens with one attached hydrogen (secondary N) is 1. The molecule has 29 heavy (non-hydrogen) atoms. The van der Waals surface area contributed by atoms with Gasteiger partial charge in [0, 0.05) is 32.0 Å². The van der Waals surface area contributed by atoms with E-state index in [4.69, 9.17) is 4.98 Å². The van der Waals surface area contributed by atoms with Gasteiger partial charge in [0.05, 0.1) is 24.3 Å². The first kappa shape index (κ1) is 19.5. The molecule has 2 aromatic heterocycles. The second-order valence-electron chi connectivity index (χ2n) is 7.72. The van der Waals surface area contributed by atoms with Crippen LogP contribution in [0, 0.1) is 12.7 Å². The van der Waals surface area contributed by atoms with Crippen LogP contribution in [0.5, 0.6) is 0 Å². The summed E-state index contributed by atoms with van der Waals surface area (Å²) in [5, 5.41) is 13.3. The van der Waals surface area contributed by atoms with Crippen LogP contribution in [-0.4, -0.2) is 50.5 Å². The highest BCUT2D eigenvalue weighted by Gasteiger charge is 2.29. The van der Waals surface area contributed by atoms with Crippen molar-refractivity contribution in [3.8, 4) is 0 Å². The Morgan fingerprint density at radius 2 is 2.10 bits per heavy atom. The molecule has 0 bridgehead atoms. The molecule has 152 valence electrons. The highest BCUT2D eigenvalue weighted by Crippen LogP contribution is 2.16. The van der Waals surface area contributed by atoms with Crippen molar-refractivity contribution in [1.29, 1.82) is 0 Å². The maximum absolute atomic E-state index is 13.0. The summed E-state index contributed by atoms with van der Waals surface area (Å²) in [6, 6.07) is 9.59. The second-order valence-corrected chi connectivity index (χ2v) is 7.72. The minimum Gasteiger partial charge on any atom is -0.391 e. The van der Waals surface area contributed by atoms with E-state index < -0.39 is 6.10 Å². The van der Waals surface area contributed by atoms with Crippen LogP contribution in [0.3, 0.4) is 0 Å². The zero-order chi connectivity index (χ0) is 20.4. The standard InChI is InChI=1S/C22H25FN4O2/c1-15-3-2-9-27-13-18(24-22(15)27)12-26-10-8-20(28)19(14-26)25-21(29)11-16-4-6-17(23)7-5-16/h2-7,9,13,19-20,28H,8,10-12,14H2,1H3,(H,25,29)/t19-,20-/m1/s1. The number of aliphatic hydroxyl groups is 1. The first-order valence-electron chi connectivity index (χ1n) is 9.85. The van der Waals surface area contributed by atoms with Crippen molar-refractivity contribution in [2.24, 2.45) is 0 Å². The number of aromatic nitrogens is 2. The molecule has 0 saturated carbocycles. The number of piperidine rings is 1. The van der Waals surface area contributed by atoms with Crippen molar-refractivity contribution >= 4 is 11.6 Å². The fraction of sp³-hybridized carbons (Fsp3) is 0.364. The van der Waals surface area contributed by atoms with Gasteiger partial charge in [0.2, 0.25) is 5.91 Å². The maximum atomic E-state index is 13.0. The SMILES string of the molecule is Cc1cccn2cc(CN3CC[C@@H](O)[C@H](NC(=O)Cc4ccc(F)cc4)C3)nc12. The van der Waals surface area contributed by atoms with Gasteiger partial charge >= 0.3 is 0 Å². The normalized spacial score (nSPS) is 20.1. The number of hydrogen-bond acceptors (Lipinski definition) is 4. The van der Waals surface area contributed by atoms with Crippen LogP contribution in [0.1, 0.15) is 23.2 Å². The smallest absolute Gasteiger partial charge is 0.224 e. The molecule has 1 aliphatic rings. The predicted molar refractivity (Wildman–Crippen MR) is 108 cm³/mol. The Morgan fingerprint density at radius 3 is 2.86 bits per heavy atom. The third kappa shape index (κ3) is 4.63. The third-order valence-corrected chi connectivity index (χ3v) is 5.40. The average molecular weight is 396 g/mol. The number of carbonyl (C=O) groups is 1. The Bertz CT molecular complexity index is 1000. The number of likely N-dealkylation sites (tertiary alicyclic amines) is 1. The van der Waals surface area contributed by atoms with Gasteiger partial charge in [0.15, 0.2) is 0 Å². The number of carbonyl (C=O) groups excluding carboxylic acids is 1. The van der Waals surface area contributed by atoms with E-state index in [1.54, 1.807) is 12.1 Å². The lowest BCUT2D eigenvalue weighted by atomic mass is 10.0. The monoisotopic (exact) mass is 396 g/mol. The van der Waals surface area contributed by atoms with Gasteiger partial charge < -0.3 is 14.8 Å². The number of pyridine rings is 1. The summed E-state index contributed by atoms with van der Waals surface area (Å²) in [5.74, 6) is -0.500. The molecule has 2 N–H and O–H groups in total. The molecule has 3 heterocycles. The summed E-state index contributed by atoms with van der Waals surface area (Å²) in [6.45, 7) is 4.01. The molecule has 0 spiro atoms. The number of halogens is 1. The molecule has 7 heteroatoms. The molecule has 1 fully saturated rings. The minimum atomic E-state index is -0.577. The van der Waals surface area contributed by atoms with E-state index in [0.29, 0.717) is 19.5 Å². The molecule has 0 unspecified atom stereocenters. The molecule has 0 aliphatic carbocycles. The summed E-state index contributed by atoms with van der Waals surface area (Å²) in [7, 11) is 0. The van der Waals surface area contributed by atoms with Gasteiger partial charge in [0.1, 0.15) is 11.5 Å². The molecule has 1 aromatic carbocycles. The fourth-order valence-corrected chi connectivity index (χ4v) is 3.85. The van der Waals surface area contributed by atoms with Gasteiger partial charge in [0.25, 0.3) is 0 Å². The highest BCUT2D eigenvalue weighted by atomic mass is 19.1. The molecule has 2 atom stereocenters. The van der Waals surface area contributed by atoms with Crippen LogP contribution in [0.2, 0.25) is 0 Å². The molecule has 1 amide bonds. The molecule has 0 radical (unpaired) electrons. The van der Waals surface area contributed by atoms with Crippen molar-refractivity contribution in [3.05, 3.63) is 71.4 Å². The van der Waals surface area contributed by atoms with Gasteiger partial charge in [-0.15, -0.1) is 0 Å². The van der Waals surface area contributed by atoms with Gasteiger partial charge in [-0.2, -0.15) is 0 Å². The molecule has 4 rings (SSSR count). The minimum absolute atomic E-state index is 0.162. The summed E-state index contributed by atoms with van der Waals surface area (Å²) in [4.78, 5) is 19.3. The van der Waals surface area contributed by atoms with Crippen molar-refractivity contribution < 1.29 is 14.3 Å². The topological polar surface area (TPSA) is 69.9 Å². The van der Waals surface area contributed by atoms with Crippen LogP contribution < -0.4 is 5.32 Å². The number of nitrogens with zero attached hydrogens (tertiary/aromatic N) is 3. The summed E-state index contributed by atoms with van der Waals surface area (Å²) < 4.78 is 15.0. The van der Waals surface area contributed by atoms with E-state index in [9.17, 15) is 14.3 Å². The number of aliphatic hydroxyl groups excluding tert-OH is 1. The van der Waals surface area contributed by atoms with Gasteiger partial charge in [-0.3, -0.25) is 9.69 Å². The number of aryl methyl sites for hydroxylation is 1. The maximum Gasteiger partial charge on any atom is 0.224 e. The van der Waals surface area contributed by atoms with E-state index in [1.807, 2.05) is 35.9 Å². The van der Waals surface area contributed by atoms with E-state index >= 15 is 0 Å². The van der Waals surface area contributed by atoms with E-state index in [-0.39, 0.29) is 24.2 Å². The molecule has 3 aromatic rings. The Balaban J connectivity index is 1.37. The largest absolute Gasteiger partial charge is 0.391 e. The Labute approximate surface area is 169 Å². The second kappa shape index (κ2) is 8.31. The average Bonchev–Trinajstić information content (AvgIpc) is 3.10. The first-order valence-corrected chi connectivity index (χ1v) is 9.85. The van der Waals surface area contributed by atoms with Crippen LogP contribution >= 0.6 is 0 Å². The van der Waals surface area contributed by atoms with Crippen LogP contribution in [0.25, 0.3) is 5.65 Å². The first-order chi connectivity index (χ1) is 14.0. The Kier molecular flexibility index (Phi) is 5.60. The summed E-state index contributed by atoms with van der Waals surface area (Å²) in [5.41, 5.74) is 3.78. The molecule has 1 saturated heterocycles. The van der Waals surface area contributed by atoms with E-state index in [2.05, 4.69) is 10.2 Å². The van der Waals surface area contributed by atoms with Crippen molar-refractivity contribution in [2.45, 2.75) is 38.5 Å². The number of rotatable bonds is 5. The fourth-order valence-electron chi connectivity index (χ4n) is 3.85. The number of amides is 1. The van der Waals surface area contributed by atoms with Crippen molar-refractivity contribution in [3.63, 3.8) is 0 Å². The molecule has 1 aliphatic heterocycles. The van der Waals surface area contributed by atoms with Crippen molar-refractivity contribution in [1.82, 2.24) is 19.6 Å². The van der Waals surface area contributed by atoms with Gasteiger partial charge in [-0.25, -0.2) is 9.37 Å². The van der Waals surface area contributed by atoms with Gasteiger partial charge in [-0.05, 0) is 42.7 Å². The quantitative estimate of drug-likeness (QED) is 0.693. The lowest BCUT2D eigenvalue weighted by Gasteiger charge is -2.36. The van der Waals surface area contributed by atoms with E-state index in [0.717, 1.165) is 29.0 Å². The summed E-state index contributed by atoms with van der Waals surface area (Å²) in [6.07, 6.45) is 4.18.